The molecule has 3 nitrogen and oxygen atoms in total. The molecule has 1 N–H and O–H groups in total. The van der Waals surface area contributed by atoms with Gasteiger partial charge in [0.15, 0.2) is 9.84 Å². The number of hydrogen-bond acceptors (Lipinski definition) is 3. The molecule has 0 aliphatic heterocycles. The van der Waals surface area contributed by atoms with E-state index in [0.29, 0.717) is 11.4 Å². The lowest BCUT2D eigenvalue weighted by molar-refractivity contribution is 0.588. The fraction of sp³-hybridized carbons (Fsp3) is 0.538. The van der Waals surface area contributed by atoms with Crippen molar-refractivity contribution in [2.24, 2.45) is 0 Å². The summed E-state index contributed by atoms with van der Waals surface area (Å²) in [7, 11) is -3.17. The van der Waals surface area contributed by atoms with Gasteiger partial charge >= 0.3 is 0 Å². The third-order valence-corrected chi connectivity index (χ3v) is 4.78. The summed E-state index contributed by atoms with van der Waals surface area (Å²) in [5.74, 6) is 0.0300. The van der Waals surface area contributed by atoms with Crippen LogP contribution in [0.2, 0.25) is 0 Å². The lowest BCUT2D eigenvalue weighted by atomic mass is 9.92. The molecule has 1 aromatic carbocycles. The summed E-state index contributed by atoms with van der Waals surface area (Å²) < 4.78 is 24.0. The smallest absolute Gasteiger partial charge is 0.191 e. The molecule has 0 unspecified atom stereocenters. The Morgan fingerprint density at radius 2 is 1.88 bits per heavy atom. The highest BCUT2D eigenvalue weighted by molar-refractivity contribution is 7.91. The van der Waals surface area contributed by atoms with Crippen LogP contribution in [0.4, 0.5) is 0 Å². The van der Waals surface area contributed by atoms with Crippen molar-refractivity contribution in [2.75, 3.05) is 12.4 Å². The van der Waals surface area contributed by atoms with E-state index in [4.69, 9.17) is 0 Å². The number of fused-ring (bicyclic) bond motifs is 1. The van der Waals surface area contributed by atoms with E-state index in [1.807, 2.05) is 19.1 Å². The maximum atomic E-state index is 12.0. The van der Waals surface area contributed by atoms with E-state index >= 15 is 0 Å². The van der Waals surface area contributed by atoms with Gasteiger partial charge in [0.2, 0.25) is 0 Å². The van der Waals surface area contributed by atoms with Crippen molar-refractivity contribution in [2.45, 2.75) is 37.5 Å². The highest BCUT2D eigenvalue weighted by atomic mass is 32.2. The summed E-state index contributed by atoms with van der Waals surface area (Å²) >= 11 is 0. The van der Waals surface area contributed by atoms with Crippen LogP contribution in [0.15, 0.2) is 23.1 Å². The minimum atomic E-state index is -3.17. The largest absolute Gasteiger partial charge is 0.304 e. The average Bonchev–Trinajstić information content (AvgIpc) is 2.36. The van der Waals surface area contributed by atoms with Crippen LogP contribution in [0.3, 0.4) is 0 Å². The lowest BCUT2D eigenvalue weighted by Gasteiger charge is -2.16. The second-order valence-corrected chi connectivity index (χ2v) is 6.49. The summed E-state index contributed by atoms with van der Waals surface area (Å²) in [6.07, 6.45) is 4.49. The minimum Gasteiger partial charge on any atom is -0.304 e. The zero-order valence-electron chi connectivity index (χ0n) is 10.2. The van der Waals surface area contributed by atoms with Crippen molar-refractivity contribution in [3.8, 4) is 0 Å². The van der Waals surface area contributed by atoms with Gasteiger partial charge in [-0.05, 0) is 55.5 Å². The maximum absolute atomic E-state index is 12.0. The Kier molecular flexibility index (Phi) is 3.84. The molecule has 17 heavy (non-hydrogen) atoms. The zero-order valence-corrected chi connectivity index (χ0v) is 11.0. The predicted octanol–water partition coefficient (Wildman–Crippen LogP) is 1.91. The average molecular weight is 253 g/mol. The van der Waals surface area contributed by atoms with E-state index in [2.05, 4.69) is 5.32 Å². The van der Waals surface area contributed by atoms with Gasteiger partial charge in [-0.15, -0.1) is 0 Å². The van der Waals surface area contributed by atoms with Crippen LogP contribution in [0.5, 0.6) is 0 Å². The van der Waals surface area contributed by atoms with Gasteiger partial charge in [-0.2, -0.15) is 0 Å². The molecule has 1 aliphatic carbocycles. The maximum Gasteiger partial charge on any atom is 0.191 e. The number of rotatable bonds is 4. The van der Waals surface area contributed by atoms with E-state index < -0.39 is 9.84 Å². The van der Waals surface area contributed by atoms with Crippen molar-refractivity contribution in [3.63, 3.8) is 0 Å². The molecule has 0 saturated carbocycles. The van der Waals surface area contributed by atoms with Crippen LogP contribution in [-0.2, 0) is 22.7 Å². The molecular weight excluding hydrogens is 234 g/mol. The molecule has 0 radical (unpaired) electrons. The molecule has 0 spiro atoms. The van der Waals surface area contributed by atoms with E-state index in [1.165, 1.54) is 24.0 Å². The topological polar surface area (TPSA) is 46.2 Å². The van der Waals surface area contributed by atoms with Gasteiger partial charge < -0.3 is 5.32 Å². The summed E-state index contributed by atoms with van der Waals surface area (Å²) in [5, 5.41) is 2.88. The molecule has 0 saturated heterocycles. The molecule has 94 valence electrons. The van der Waals surface area contributed by atoms with Crippen molar-refractivity contribution < 1.29 is 8.42 Å². The van der Waals surface area contributed by atoms with Crippen LogP contribution in [0.1, 0.15) is 30.9 Å². The van der Waals surface area contributed by atoms with Gasteiger partial charge in [-0.3, -0.25) is 0 Å². The molecule has 0 bridgehead atoms. The Morgan fingerprint density at radius 1 is 1.18 bits per heavy atom. The van der Waals surface area contributed by atoms with Crippen molar-refractivity contribution >= 4 is 9.84 Å². The molecule has 0 heterocycles. The van der Waals surface area contributed by atoms with Gasteiger partial charge in [0.25, 0.3) is 0 Å². The Morgan fingerprint density at radius 3 is 2.59 bits per heavy atom. The summed E-state index contributed by atoms with van der Waals surface area (Å²) in [5.41, 5.74) is 2.53. The molecule has 1 aromatic rings. The van der Waals surface area contributed by atoms with E-state index in [9.17, 15) is 8.42 Å². The lowest BCUT2D eigenvalue weighted by Crippen LogP contribution is -2.23. The van der Waals surface area contributed by atoms with Crippen molar-refractivity contribution in [3.05, 3.63) is 29.3 Å². The Hall–Kier alpha value is -0.870. The normalized spacial score (nSPS) is 15.6. The minimum absolute atomic E-state index is 0.0300. The first-order valence-electron chi connectivity index (χ1n) is 6.19. The fourth-order valence-electron chi connectivity index (χ4n) is 2.22. The van der Waals surface area contributed by atoms with Crippen LogP contribution in [0.25, 0.3) is 0 Å². The predicted molar refractivity (Wildman–Crippen MR) is 68.8 cm³/mol. The Balaban J connectivity index is 2.27. The van der Waals surface area contributed by atoms with Crippen LogP contribution < -0.4 is 5.32 Å². The first-order valence-corrected chi connectivity index (χ1v) is 7.84. The number of hydrogen-bond donors (Lipinski definition) is 1. The Labute approximate surface area is 103 Å². The van der Waals surface area contributed by atoms with Crippen molar-refractivity contribution in [1.29, 1.82) is 0 Å². The second-order valence-electron chi connectivity index (χ2n) is 4.50. The van der Waals surface area contributed by atoms with E-state index in [-0.39, 0.29) is 5.88 Å². The highest BCUT2D eigenvalue weighted by Gasteiger charge is 2.17. The monoisotopic (exact) mass is 253 g/mol. The zero-order chi connectivity index (χ0) is 12.3. The first-order chi connectivity index (χ1) is 8.13. The van der Waals surface area contributed by atoms with Gasteiger partial charge in [-0.25, -0.2) is 8.42 Å². The van der Waals surface area contributed by atoms with Gasteiger partial charge in [0.05, 0.1) is 4.90 Å². The standard InChI is InChI=1S/C13H19NO2S/c1-2-14-10-17(15,16)13-8-7-11-5-3-4-6-12(11)9-13/h7-9,14H,2-6,10H2,1H3. The van der Waals surface area contributed by atoms with E-state index in [0.717, 1.165) is 12.8 Å². The SMILES string of the molecule is CCNCS(=O)(=O)c1ccc2c(c1)CCCC2. The second kappa shape index (κ2) is 5.19. The highest BCUT2D eigenvalue weighted by Crippen LogP contribution is 2.24. The van der Waals surface area contributed by atoms with Gasteiger partial charge in [0.1, 0.15) is 5.88 Å². The summed E-state index contributed by atoms with van der Waals surface area (Å²) in [4.78, 5) is 0.458. The molecule has 0 fully saturated rings. The third-order valence-electron chi connectivity index (χ3n) is 3.22. The number of aryl methyl sites for hydroxylation is 2. The molecule has 0 amide bonds. The summed E-state index contributed by atoms with van der Waals surface area (Å²) in [6.45, 7) is 2.58. The van der Waals surface area contributed by atoms with Gasteiger partial charge in [0, 0.05) is 0 Å². The Bertz CT molecular complexity index is 494. The molecule has 0 atom stereocenters. The van der Waals surface area contributed by atoms with Crippen LogP contribution in [0, 0.1) is 0 Å². The molecular formula is C13H19NO2S. The van der Waals surface area contributed by atoms with E-state index in [1.54, 1.807) is 6.07 Å². The molecule has 1 aliphatic rings. The van der Waals surface area contributed by atoms with Gasteiger partial charge in [-0.1, -0.05) is 13.0 Å². The van der Waals surface area contributed by atoms with Crippen LogP contribution >= 0.6 is 0 Å². The molecule has 2 rings (SSSR count). The quantitative estimate of drug-likeness (QED) is 0.891. The molecule has 0 aromatic heterocycles. The number of benzene rings is 1. The first kappa shape index (κ1) is 12.6. The van der Waals surface area contributed by atoms with Crippen molar-refractivity contribution in [1.82, 2.24) is 5.32 Å². The fourth-order valence-corrected chi connectivity index (χ4v) is 3.46. The molecule has 4 heteroatoms. The summed E-state index contributed by atoms with van der Waals surface area (Å²) in [6, 6.07) is 5.59. The number of nitrogens with one attached hydrogen (secondary N) is 1. The van der Waals surface area contributed by atoms with Crippen LogP contribution in [-0.4, -0.2) is 20.8 Å². The third kappa shape index (κ3) is 2.87. The number of sulfone groups is 1.